The normalized spacial score (nSPS) is 20.2. The molecule has 6 unspecified atom stereocenters. The van der Waals surface area contributed by atoms with E-state index in [-0.39, 0.29) is 12.5 Å². The molecule has 1 fully saturated rings. The van der Waals surface area contributed by atoms with Gasteiger partial charge < -0.3 is 30.5 Å². The van der Waals surface area contributed by atoms with Crippen molar-refractivity contribution < 1.29 is 30.0 Å². The van der Waals surface area contributed by atoms with Crippen molar-refractivity contribution in [3.63, 3.8) is 0 Å². The molecule has 0 bridgehead atoms. The van der Waals surface area contributed by atoms with Crippen LogP contribution in [-0.2, 0) is 4.74 Å². The Labute approximate surface area is 252 Å². The number of likely N-dealkylation sites (N-methyl/N-ethyl adjacent to an activating group) is 1. The standard InChI is InChI=1S/C34H37N2O6P/c1-36-22-29(31(40)30(39)28(38)23-37)42-34(36)33(35-32(41)24-14-6-2-7-15-24)43(25-16-8-3-9-17-25,26-18-10-4-11-19-26)27-20-12-5-13-21-27/h2-21,28-31,33-34,37-40H,22-23H2,1H3/p+1. The van der Waals surface area contributed by atoms with Gasteiger partial charge in [-0.05, 0) is 55.6 Å². The lowest BCUT2D eigenvalue weighted by Crippen LogP contribution is -2.56. The number of nitrogens with one attached hydrogen (secondary N) is 1. The fourth-order valence-corrected chi connectivity index (χ4v) is 10.6. The maximum absolute atomic E-state index is 14.0. The third-order valence-corrected chi connectivity index (χ3v) is 12.6. The van der Waals surface area contributed by atoms with Crippen LogP contribution in [0.15, 0.2) is 121 Å². The van der Waals surface area contributed by atoms with E-state index in [1.807, 2.05) is 84.7 Å². The number of carbonyl (C=O) groups is 1. The average Bonchev–Trinajstić information content (AvgIpc) is 3.46. The fourth-order valence-electron chi connectivity index (χ4n) is 5.86. The Morgan fingerprint density at radius 2 is 1.26 bits per heavy atom. The minimum Gasteiger partial charge on any atom is -0.394 e. The second-order valence-corrected chi connectivity index (χ2v) is 14.3. The van der Waals surface area contributed by atoms with Crippen LogP contribution in [0.5, 0.6) is 0 Å². The molecule has 4 aromatic carbocycles. The zero-order valence-electron chi connectivity index (χ0n) is 23.9. The molecule has 0 radical (unpaired) electrons. The third kappa shape index (κ3) is 6.28. The summed E-state index contributed by atoms with van der Waals surface area (Å²) in [6, 6.07) is 39.3. The lowest BCUT2D eigenvalue weighted by atomic mass is 10.0. The smallest absolute Gasteiger partial charge is 0.254 e. The molecule has 224 valence electrons. The van der Waals surface area contributed by atoms with Gasteiger partial charge >= 0.3 is 0 Å². The molecule has 8 nitrogen and oxygen atoms in total. The minimum absolute atomic E-state index is 0.219. The summed E-state index contributed by atoms with van der Waals surface area (Å²) in [4.78, 5) is 15.9. The number of rotatable bonds is 11. The predicted octanol–water partition coefficient (Wildman–Crippen LogP) is 1.47. The Kier molecular flexibility index (Phi) is 10.0. The molecule has 0 aromatic heterocycles. The van der Waals surface area contributed by atoms with E-state index in [2.05, 4.69) is 41.7 Å². The average molecular weight is 602 g/mol. The number of amides is 1. The van der Waals surface area contributed by atoms with E-state index in [0.29, 0.717) is 5.56 Å². The van der Waals surface area contributed by atoms with Gasteiger partial charge in [-0.3, -0.25) is 9.69 Å². The first-order chi connectivity index (χ1) is 20.9. The number of nitrogens with zero attached hydrogens (tertiary/aromatic N) is 1. The number of benzene rings is 4. The van der Waals surface area contributed by atoms with E-state index >= 15 is 0 Å². The van der Waals surface area contributed by atoms with Gasteiger partial charge in [-0.1, -0.05) is 72.8 Å². The van der Waals surface area contributed by atoms with E-state index < -0.39 is 50.3 Å². The Morgan fingerprint density at radius 3 is 1.70 bits per heavy atom. The maximum Gasteiger partial charge on any atom is 0.254 e. The van der Waals surface area contributed by atoms with Gasteiger partial charge in [0.25, 0.3) is 5.91 Å². The van der Waals surface area contributed by atoms with Gasteiger partial charge in [0.2, 0.25) is 0 Å². The second-order valence-electron chi connectivity index (χ2n) is 10.7. The van der Waals surface area contributed by atoms with Crippen LogP contribution >= 0.6 is 7.26 Å². The molecule has 43 heavy (non-hydrogen) atoms. The highest BCUT2D eigenvalue weighted by atomic mass is 31.2. The molecule has 1 saturated heterocycles. The van der Waals surface area contributed by atoms with Gasteiger partial charge in [-0.25, -0.2) is 0 Å². The first kappa shape index (κ1) is 31.0. The topological polar surface area (TPSA) is 122 Å². The SMILES string of the molecule is CN1CC(C(O)C(O)C(O)CO)OC1C(NC(=O)c1ccccc1)[P+](c1ccccc1)(c1ccccc1)c1ccccc1. The molecular weight excluding hydrogens is 563 g/mol. The zero-order valence-corrected chi connectivity index (χ0v) is 24.8. The Bertz CT molecular complexity index is 1350. The quantitative estimate of drug-likeness (QED) is 0.165. The maximum atomic E-state index is 14.0. The Balaban J connectivity index is 1.71. The molecule has 9 heteroatoms. The molecule has 1 aliphatic rings. The highest BCUT2D eigenvalue weighted by Gasteiger charge is 2.59. The summed E-state index contributed by atoms with van der Waals surface area (Å²) in [6.45, 7) is -0.484. The van der Waals surface area contributed by atoms with Crippen LogP contribution in [0.25, 0.3) is 0 Å². The van der Waals surface area contributed by atoms with E-state index in [9.17, 15) is 25.2 Å². The van der Waals surface area contributed by atoms with Crippen molar-refractivity contribution in [1.29, 1.82) is 0 Å². The fraction of sp³-hybridized carbons (Fsp3) is 0.265. The van der Waals surface area contributed by atoms with Crippen LogP contribution in [0.4, 0.5) is 0 Å². The minimum atomic E-state index is -2.76. The molecule has 5 rings (SSSR count). The first-order valence-corrected chi connectivity index (χ1v) is 16.2. The molecule has 1 amide bonds. The van der Waals surface area contributed by atoms with Crippen LogP contribution in [0, 0.1) is 0 Å². The van der Waals surface area contributed by atoms with Crippen LogP contribution in [0.2, 0.25) is 0 Å². The van der Waals surface area contributed by atoms with E-state index in [4.69, 9.17) is 4.74 Å². The summed E-state index contributed by atoms with van der Waals surface area (Å²) in [5, 5.41) is 47.4. The molecule has 1 heterocycles. The van der Waals surface area contributed by atoms with Gasteiger partial charge in [0.15, 0.2) is 12.0 Å². The molecular formula is C34H38N2O6P+. The summed E-state index contributed by atoms with van der Waals surface area (Å²) < 4.78 is 6.56. The lowest BCUT2D eigenvalue weighted by Gasteiger charge is -2.39. The van der Waals surface area contributed by atoms with E-state index in [1.54, 1.807) is 12.1 Å². The number of hydrogen-bond acceptors (Lipinski definition) is 7. The van der Waals surface area contributed by atoms with E-state index in [0.717, 1.165) is 15.9 Å². The number of ether oxygens (including phenoxy) is 1. The molecule has 0 aliphatic carbocycles. The number of carbonyl (C=O) groups excluding carboxylic acids is 1. The number of aliphatic hydroxyl groups is 4. The van der Waals surface area contributed by atoms with Gasteiger partial charge in [0.05, 0.1) is 6.61 Å². The van der Waals surface area contributed by atoms with Crippen molar-refractivity contribution in [1.82, 2.24) is 10.2 Å². The Hall–Kier alpha value is -3.46. The van der Waals surface area contributed by atoms with E-state index in [1.165, 1.54) is 0 Å². The summed E-state index contributed by atoms with van der Waals surface area (Å²) in [5.41, 5.74) is 0.499. The van der Waals surface area contributed by atoms with Crippen molar-refractivity contribution in [2.75, 3.05) is 20.2 Å². The molecule has 0 saturated carbocycles. The number of aliphatic hydroxyl groups excluding tert-OH is 4. The van der Waals surface area contributed by atoms with Crippen LogP contribution in [0.3, 0.4) is 0 Å². The van der Waals surface area contributed by atoms with Gasteiger partial charge in [0.1, 0.15) is 47.6 Å². The first-order valence-electron chi connectivity index (χ1n) is 14.3. The molecule has 0 spiro atoms. The highest BCUT2D eigenvalue weighted by Crippen LogP contribution is 2.61. The van der Waals surface area contributed by atoms with Gasteiger partial charge in [-0.2, -0.15) is 0 Å². The zero-order chi connectivity index (χ0) is 30.4. The molecule has 5 N–H and O–H groups in total. The van der Waals surface area contributed by atoms with Crippen LogP contribution < -0.4 is 21.2 Å². The summed E-state index contributed by atoms with van der Waals surface area (Å²) >= 11 is 0. The predicted molar refractivity (Wildman–Crippen MR) is 169 cm³/mol. The van der Waals surface area contributed by atoms with Crippen molar-refractivity contribution >= 4 is 29.1 Å². The van der Waals surface area contributed by atoms with Crippen LogP contribution in [-0.4, -0.2) is 87.9 Å². The van der Waals surface area contributed by atoms with Gasteiger partial charge in [0, 0.05) is 12.1 Å². The van der Waals surface area contributed by atoms with Crippen molar-refractivity contribution in [3.05, 3.63) is 127 Å². The number of hydrogen-bond donors (Lipinski definition) is 5. The van der Waals surface area contributed by atoms with Gasteiger partial charge in [-0.15, -0.1) is 0 Å². The third-order valence-electron chi connectivity index (χ3n) is 8.02. The molecule has 4 aromatic rings. The Morgan fingerprint density at radius 1 is 0.814 bits per heavy atom. The lowest BCUT2D eigenvalue weighted by molar-refractivity contribution is -0.127. The summed E-state index contributed by atoms with van der Waals surface area (Å²) in [6.07, 6.45) is -6.25. The molecule has 6 atom stereocenters. The van der Waals surface area contributed by atoms with Crippen molar-refractivity contribution in [2.24, 2.45) is 0 Å². The summed E-state index contributed by atoms with van der Waals surface area (Å²) in [7, 11) is -0.911. The summed E-state index contributed by atoms with van der Waals surface area (Å²) in [5.74, 6) is -0.913. The van der Waals surface area contributed by atoms with Crippen LogP contribution in [0.1, 0.15) is 10.4 Å². The highest BCUT2D eigenvalue weighted by molar-refractivity contribution is 7.96. The largest absolute Gasteiger partial charge is 0.394 e. The molecule has 1 aliphatic heterocycles. The van der Waals surface area contributed by atoms with Crippen molar-refractivity contribution in [3.8, 4) is 0 Å². The second kappa shape index (κ2) is 13.9. The van der Waals surface area contributed by atoms with Crippen molar-refractivity contribution in [2.45, 2.75) is 36.4 Å². The monoisotopic (exact) mass is 601 g/mol.